The van der Waals surface area contributed by atoms with Crippen LogP contribution in [0.4, 0.5) is 0 Å². The van der Waals surface area contributed by atoms with Crippen LogP contribution >= 0.6 is 0 Å². The van der Waals surface area contributed by atoms with Crippen molar-refractivity contribution in [1.82, 2.24) is 0 Å². The van der Waals surface area contributed by atoms with Crippen LogP contribution in [-0.2, 0) is 47.4 Å². The molecule has 376 valence electrons. The van der Waals surface area contributed by atoms with Crippen LogP contribution in [-0.4, -0.2) is 187 Å². The molecule has 0 aromatic carbocycles. The van der Waals surface area contributed by atoms with Crippen molar-refractivity contribution in [2.75, 3.05) is 13.2 Å². The van der Waals surface area contributed by atoms with Crippen LogP contribution < -0.4 is 0 Å². The van der Waals surface area contributed by atoms with Crippen LogP contribution in [0.3, 0.4) is 0 Å². The molecule has 19 heteroatoms. The van der Waals surface area contributed by atoms with E-state index in [2.05, 4.69) is 6.92 Å². The number of cyclic esters (lactones) is 1. The highest BCUT2D eigenvalue weighted by atomic mass is 16.8. The minimum Gasteiger partial charge on any atom is -0.458 e. The second-order valence-corrected chi connectivity index (χ2v) is 21.6. The lowest BCUT2D eigenvalue weighted by Gasteiger charge is -2.65. The number of aliphatic hydroxyl groups is 9. The molecular formula is C47H74O19. The molecule has 0 bridgehead atoms. The van der Waals surface area contributed by atoms with Crippen LogP contribution in [0.1, 0.15) is 105 Å². The van der Waals surface area contributed by atoms with Crippen molar-refractivity contribution < 1.29 is 93.4 Å². The number of fused-ring (bicyclic) bond motifs is 5. The van der Waals surface area contributed by atoms with Crippen LogP contribution in [0.25, 0.3) is 0 Å². The number of carbonyl (C=O) groups is 1. The van der Waals surface area contributed by atoms with E-state index in [0.717, 1.165) is 44.1 Å². The highest BCUT2D eigenvalue weighted by Crippen LogP contribution is 2.70. The second-order valence-electron chi connectivity index (χ2n) is 21.6. The number of hydrogen-bond donors (Lipinski definition) is 9. The van der Waals surface area contributed by atoms with Gasteiger partial charge in [-0.2, -0.15) is 0 Å². The third-order valence-electron chi connectivity index (χ3n) is 18.1. The van der Waals surface area contributed by atoms with E-state index >= 15 is 0 Å². The Kier molecular flexibility index (Phi) is 14.2. The molecule has 0 unspecified atom stereocenters. The van der Waals surface area contributed by atoms with Crippen molar-refractivity contribution in [2.45, 2.75) is 228 Å². The van der Waals surface area contributed by atoms with Crippen LogP contribution in [0, 0.1) is 34.5 Å². The maximum atomic E-state index is 12.6. The number of esters is 1. The van der Waals surface area contributed by atoms with Gasteiger partial charge < -0.3 is 88.6 Å². The molecule has 0 aromatic rings. The lowest BCUT2D eigenvalue weighted by molar-refractivity contribution is -0.355. The first-order valence-corrected chi connectivity index (χ1v) is 24.5. The Balaban J connectivity index is 0.737. The SMILES string of the molecule is C[C@@H]1O[C@H](O[C@@H]2CC[C@@]3(C)[C@H](CC[C@H]4[C@@H]3C[C@H](O)[C@]3(C)[C@H](C5=CC(=O)OC5)CC[C@]43O)C2)C[C@H](O)[C@H]1O[C@@H]1C[C@H](O)[C@@H](O[C@@H]2C[C@H](O)[C@@H](O[C@H]3O[C@@H](CO)[C@H](O)[C@@H](O)[C@@H]3O)[C@H](C)O2)[C@H](C)O1. The van der Waals surface area contributed by atoms with Crippen LogP contribution in [0.5, 0.6) is 0 Å². The fraction of sp³-hybridized carbons (Fsp3) is 0.936. The third-order valence-corrected chi connectivity index (χ3v) is 18.1. The minimum absolute atomic E-state index is 0.0188. The predicted molar refractivity (Wildman–Crippen MR) is 225 cm³/mol. The van der Waals surface area contributed by atoms with E-state index in [1.165, 1.54) is 0 Å². The summed E-state index contributed by atoms with van der Waals surface area (Å²) in [6.45, 7) is 9.11. The van der Waals surface area contributed by atoms with E-state index in [1.54, 1.807) is 19.9 Å². The summed E-state index contributed by atoms with van der Waals surface area (Å²) < 4.78 is 53.9. The first kappa shape index (κ1) is 49.5. The Morgan fingerprint density at radius 3 is 1.77 bits per heavy atom. The van der Waals surface area contributed by atoms with Crippen molar-refractivity contribution in [3.8, 4) is 0 Å². The van der Waals surface area contributed by atoms with Crippen LogP contribution in [0.15, 0.2) is 11.6 Å². The zero-order valence-corrected chi connectivity index (χ0v) is 38.7. The smallest absolute Gasteiger partial charge is 0.331 e. The van der Waals surface area contributed by atoms with E-state index in [9.17, 15) is 50.8 Å². The highest BCUT2D eigenvalue weighted by molar-refractivity contribution is 5.85. The van der Waals surface area contributed by atoms with Gasteiger partial charge in [-0.05, 0) is 107 Å². The van der Waals surface area contributed by atoms with Gasteiger partial charge >= 0.3 is 5.97 Å². The van der Waals surface area contributed by atoms with Gasteiger partial charge in [-0.25, -0.2) is 4.79 Å². The number of ether oxygens (including phenoxy) is 9. The molecular weight excluding hydrogens is 868 g/mol. The van der Waals surface area contributed by atoms with Gasteiger partial charge in [0.05, 0.1) is 61.0 Å². The normalized spacial score (nSPS) is 55.3. The van der Waals surface area contributed by atoms with Gasteiger partial charge in [0.15, 0.2) is 25.2 Å². The van der Waals surface area contributed by atoms with E-state index < -0.39 is 128 Å². The average Bonchev–Trinajstić information content (AvgIpc) is 3.82. The quantitative estimate of drug-likeness (QED) is 0.103. The molecule has 4 saturated carbocycles. The number of hydrogen-bond acceptors (Lipinski definition) is 19. The highest BCUT2D eigenvalue weighted by Gasteiger charge is 2.71. The summed E-state index contributed by atoms with van der Waals surface area (Å²) in [5.41, 5.74) is -0.989. The van der Waals surface area contributed by atoms with Gasteiger partial charge in [0.25, 0.3) is 0 Å². The summed E-state index contributed by atoms with van der Waals surface area (Å²) in [6, 6.07) is 0. The molecule has 9 aliphatic rings. The Bertz CT molecular complexity index is 1720. The van der Waals surface area contributed by atoms with E-state index in [0.29, 0.717) is 18.8 Å². The van der Waals surface area contributed by atoms with Gasteiger partial charge in [-0.3, -0.25) is 0 Å². The Hall–Kier alpha value is -1.47. The summed E-state index contributed by atoms with van der Waals surface area (Å²) in [5.74, 6) is 0.0825. The lowest BCUT2D eigenvalue weighted by atomic mass is 9.42. The molecule has 4 saturated heterocycles. The predicted octanol–water partition coefficient (Wildman–Crippen LogP) is 0.0423. The zero-order chi connectivity index (χ0) is 47.2. The van der Waals surface area contributed by atoms with E-state index in [4.69, 9.17) is 42.6 Å². The van der Waals surface area contributed by atoms with Gasteiger partial charge in [0.1, 0.15) is 49.3 Å². The first-order valence-electron chi connectivity index (χ1n) is 24.5. The standard InChI is InChI=1S/C47H74O19/c1-20-41(64-36-16-30(50)42(21(2)60-36)65-37-17-31(51)43(22(3)61-37)66-44-40(56)39(55)38(54)32(18-48)63-44)29(49)15-35(59-20)62-25-8-10-45(4)24(13-25)6-7-27-28(45)14-33(52)46(5)26(9-11-47(27,46)57)23-12-34(53)58-19-23/h12,20-22,24-33,35-44,48-52,54-57H,6-11,13-19H2,1-5H3/t20-,21-,22-,24+,25+,26-,27-,28-,29-,30-,31-,32-,33-,35+,36+,37+,38-,39+,40-,41-,42-,43-,44+,45-,46-,47-/m0/s1. The molecule has 0 spiro atoms. The van der Waals surface area contributed by atoms with Gasteiger partial charge in [-0.15, -0.1) is 0 Å². The number of rotatable bonds is 10. The van der Waals surface area contributed by atoms with Crippen molar-refractivity contribution in [3.05, 3.63) is 11.6 Å². The summed E-state index contributed by atoms with van der Waals surface area (Å²) >= 11 is 0. The molecule has 26 atom stereocenters. The third kappa shape index (κ3) is 8.64. The molecule has 66 heavy (non-hydrogen) atoms. The summed E-state index contributed by atoms with van der Waals surface area (Å²) in [5, 5.41) is 98.4. The molecule has 4 aliphatic carbocycles. The summed E-state index contributed by atoms with van der Waals surface area (Å²) in [7, 11) is 0. The molecule has 5 aliphatic heterocycles. The largest absolute Gasteiger partial charge is 0.458 e. The van der Waals surface area contributed by atoms with Crippen molar-refractivity contribution in [2.24, 2.45) is 34.5 Å². The molecule has 0 radical (unpaired) electrons. The lowest BCUT2D eigenvalue weighted by Crippen LogP contribution is -2.67. The molecule has 8 fully saturated rings. The van der Waals surface area contributed by atoms with E-state index in [-0.39, 0.29) is 61.1 Å². The number of carbonyl (C=O) groups excluding carboxylic acids is 1. The van der Waals surface area contributed by atoms with E-state index in [1.807, 2.05) is 13.8 Å². The average molecular weight is 943 g/mol. The minimum atomic E-state index is -1.65. The van der Waals surface area contributed by atoms with Gasteiger partial charge in [0, 0.05) is 30.8 Å². The van der Waals surface area contributed by atoms with Crippen LogP contribution in [0.2, 0.25) is 0 Å². The summed E-state index contributed by atoms with van der Waals surface area (Å²) in [6.07, 6.45) is -10.8. The summed E-state index contributed by atoms with van der Waals surface area (Å²) in [4.78, 5) is 12.0. The molecule has 0 amide bonds. The Labute approximate surface area is 385 Å². The number of aliphatic hydroxyl groups excluding tert-OH is 8. The van der Waals surface area contributed by atoms with Crippen molar-refractivity contribution >= 4 is 5.97 Å². The molecule has 9 rings (SSSR count). The fourth-order valence-corrected chi connectivity index (χ4v) is 14.3. The van der Waals surface area contributed by atoms with Crippen molar-refractivity contribution in [3.63, 3.8) is 0 Å². The monoisotopic (exact) mass is 942 g/mol. The van der Waals surface area contributed by atoms with Crippen molar-refractivity contribution in [1.29, 1.82) is 0 Å². The Morgan fingerprint density at radius 2 is 1.23 bits per heavy atom. The first-order chi connectivity index (χ1) is 31.2. The molecule has 0 aromatic heterocycles. The topological polar surface area (TPSA) is 282 Å². The van der Waals surface area contributed by atoms with Gasteiger partial charge in [0.2, 0.25) is 0 Å². The van der Waals surface area contributed by atoms with Gasteiger partial charge in [-0.1, -0.05) is 13.8 Å². The fourth-order valence-electron chi connectivity index (χ4n) is 14.3. The molecule has 5 heterocycles. The maximum absolute atomic E-state index is 12.6. The second kappa shape index (κ2) is 18.9. The molecule has 9 N–H and O–H groups in total. The zero-order valence-electron chi connectivity index (χ0n) is 38.7. The molecule has 19 nitrogen and oxygen atoms in total. The maximum Gasteiger partial charge on any atom is 0.331 e. The Morgan fingerprint density at radius 1 is 0.652 bits per heavy atom.